The van der Waals surface area contributed by atoms with Gasteiger partial charge in [0.2, 0.25) is 0 Å². The van der Waals surface area contributed by atoms with E-state index >= 15 is 0 Å². The summed E-state index contributed by atoms with van der Waals surface area (Å²) in [7, 11) is 2.16. The maximum absolute atomic E-state index is 11.7. The molecule has 0 radical (unpaired) electrons. The summed E-state index contributed by atoms with van der Waals surface area (Å²) in [6.45, 7) is 1.06. The molecule has 0 amide bonds. The molecular weight excluding hydrogens is 206 g/mol. The van der Waals surface area contributed by atoms with E-state index in [1.165, 1.54) is 12.8 Å². The van der Waals surface area contributed by atoms with Crippen LogP contribution in [0.15, 0.2) is 17.5 Å². The molecule has 15 heavy (non-hydrogen) atoms. The van der Waals surface area contributed by atoms with Gasteiger partial charge in [-0.05, 0) is 44.3 Å². The van der Waals surface area contributed by atoms with Gasteiger partial charge < -0.3 is 4.90 Å². The van der Waals surface area contributed by atoms with Gasteiger partial charge in [0.05, 0.1) is 4.88 Å². The maximum atomic E-state index is 11.7. The molecule has 1 aliphatic carbocycles. The number of hydrogen-bond acceptors (Lipinski definition) is 3. The van der Waals surface area contributed by atoms with Gasteiger partial charge in [0.15, 0.2) is 5.78 Å². The summed E-state index contributed by atoms with van der Waals surface area (Å²) in [5.41, 5.74) is 0. The molecule has 0 N–H and O–H groups in total. The van der Waals surface area contributed by atoms with Gasteiger partial charge in [-0.25, -0.2) is 0 Å². The number of hydrogen-bond donors (Lipinski definition) is 0. The van der Waals surface area contributed by atoms with Gasteiger partial charge in [-0.15, -0.1) is 11.3 Å². The molecule has 0 unspecified atom stereocenters. The normalized spacial score (nSPS) is 15.9. The van der Waals surface area contributed by atoms with Gasteiger partial charge in [-0.1, -0.05) is 6.07 Å². The van der Waals surface area contributed by atoms with E-state index in [9.17, 15) is 4.79 Å². The van der Waals surface area contributed by atoms with Crippen molar-refractivity contribution in [2.24, 2.45) is 0 Å². The van der Waals surface area contributed by atoms with E-state index in [0.717, 1.165) is 23.9 Å². The quantitative estimate of drug-likeness (QED) is 0.691. The molecule has 0 aliphatic heterocycles. The van der Waals surface area contributed by atoms with Crippen LogP contribution >= 0.6 is 11.3 Å². The summed E-state index contributed by atoms with van der Waals surface area (Å²) < 4.78 is 0. The van der Waals surface area contributed by atoms with Gasteiger partial charge in [0.1, 0.15) is 0 Å². The number of carbonyl (C=O) groups excluding carboxylic acids is 1. The van der Waals surface area contributed by atoms with E-state index in [4.69, 9.17) is 0 Å². The van der Waals surface area contributed by atoms with Crippen molar-refractivity contribution in [2.75, 3.05) is 13.6 Å². The highest BCUT2D eigenvalue weighted by atomic mass is 32.1. The minimum Gasteiger partial charge on any atom is -0.303 e. The lowest BCUT2D eigenvalue weighted by Crippen LogP contribution is -2.22. The fourth-order valence-corrected chi connectivity index (χ4v) is 2.44. The Kier molecular flexibility index (Phi) is 3.54. The molecule has 1 heterocycles. The van der Waals surface area contributed by atoms with Crippen molar-refractivity contribution < 1.29 is 4.79 Å². The second-order valence-electron chi connectivity index (χ2n) is 4.22. The molecule has 0 bridgehead atoms. The van der Waals surface area contributed by atoms with Crippen molar-refractivity contribution in [2.45, 2.75) is 31.7 Å². The van der Waals surface area contributed by atoms with Crippen LogP contribution in [0.5, 0.6) is 0 Å². The maximum Gasteiger partial charge on any atom is 0.172 e. The van der Waals surface area contributed by atoms with Crippen LogP contribution in [0.4, 0.5) is 0 Å². The first-order chi connectivity index (χ1) is 7.27. The van der Waals surface area contributed by atoms with Crippen molar-refractivity contribution in [1.82, 2.24) is 4.90 Å². The van der Waals surface area contributed by atoms with Gasteiger partial charge in [-0.2, -0.15) is 0 Å². The van der Waals surface area contributed by atoms with Crippen molar-refractivity contribution in [1.29, 1.82) is 0 Å². The Morgan fingerprint density at radius 1 is 1.60 bits per heavy atom. The molecule has 1 saturated carbocycles. The van der Waals surface area contributed by atoms with Crippen LogP contribution in [0.2, 0.25) is 0 Å². The third-order valence-electron chi connectivity index (χ3n) is 2.88. The molecule has 2 rings (SSSR count). The van der Waals surface area contributed by atoms with E-state index in [0.29, 0.717) is 12.2 Å². The summed E-state index contributed by atoms with van der Waals surface area (Å²) in [4.78, 5) is 14.9. The minimum atomic E-state index is 0.300. The van der Waals surface area contributed by atoms with E-state index < -0.39 is 0 Å². The van der Waals surface area contributed by atoms with E-state index in [1.54, 1.807) is 11.3 Å². The SMILES string of the molecule is CN(CCCC(=O)c1cccs1)C1CC1. The molecule has 2 nitrogen and oxygen atoms in total. The summed E-state index contributed by atoms with van der Waals surface area (Å²) in [6, 6.07) is 4.66. The molecular formula is C12H17NOS. The van der Waals surface area contributed by atoms with Crippen molar-refractivity contribution in [3.8, 4) is 0 Å². The third kappa shape index (κ3) is 3.14. The Morgan fingerprint density at radius 2 is 2.40 bits per heavy atom. The molecule has 1 aliphatic rings. The molecule has 82 valence electrons. The van der Waals surface area contributed by atoms with Crippen LogP contribution in [0.1, 0.15) is 35.4 Å². The first-order valence-electron chi connectivity index (χ1n) is 5.54. The third-order valence-corrected chi connectivity index (χ3v) is 3.79. The predicted molar refractivity (Wildman–Crippen MR) is 63.5 cm³/mol. The van der Waals surface area contributed by atoms with Gasteiger partial charge in [-0.3, -0.25) is 4.79 Å². The van der Waals surface area contributed by atoms with E-state index in [-0.39, 0.29) is 0 Å². The lowest BCUT2D eigenvalue weighted by atomic mass is 10.2. The molecule has 0 atom stereocenters. The van der Waals surface area contributed by atoms with Gasteiger partial charge in [0, 0.05) is 12.5 Å². The van der Waals surface area contributed by atoms with Gasteiger partial charge >= 0.3 is 0 Å². The topological polar surface area (TPSA) is 20.3 Å². The second-order valence-corrected chi connectivity index (χ2v) is 5.16. The molecule has 1 aromatic heterocycles. The van der Waals surface area contributed by atoms with Crippen LogP contribution in [0, 0.1) is 0 Å². The number of ketones is 1. The smallest absolute Gasteiger partial charge is 0.172 e. The monoisotopic (exact) mass is 223 g/mol. The Labute approximate surface area is 94.9 Å². The summed E-state index contributed by atoms with van der Waals surface area (Å²) in [6.07, 6.45) is 4.37. The first kappa shape index (κ1) is 10.8. The number of Topliss-reactive ketones (excluding diaryl/α,β-unsaturated/α-hetero) is 1. The van der Waals surface area contributed by atoms with Crippen LogP contribution in [0.3, 0.4) is 0 Å². The average Bonchev–Trinajstić information content (AvgIpc) is 2.93. The number of rotatable bonds is 6. The van der Waals surface area contributed by atoms with E-state index in [1.807, 2.05) is 17.5 Å². The van der Waals surface area contributed by atoms with Crippen LogP contribution in [-0.4, -0.2) is 30.3 Å². The fraction of sp³-hybridized carbons (Fsp3) is 0.583. The zero-order valence-electron chi connectivity index (χ0n) is 9.11. The van der Waals surface area contributed by atoms with E-state index in [2.05, 4.69) is 11.9 Å². The summed E-state index contributed by atoms with van der Waals surface area (Å²) >= 11 is 1.55. The highest BCUT2D eigenvalue weighted by Crippen LogP contribution is 2.25. The lowest BCUT2D eigenvalue weighted by molar-refractivity contribution is 0.0979. The molecule has 0 spiro atoms. The standard InChI is InChI=1S/C12H17NOS/c1-13(10-6-7-10)8-2-4-11(14)12-5-3-9-15-12/h3,5,9-10H,2,4,6-8H2,1H3. The highest BCUT2D eigenvalue weighted by molar-refractivity contribution is 7.12. The van der Waals surface area contributed by atoms with Gasteiger partial charge in [0.25, 0.3) is 0 Å². The number of nitrogens with zero attached hydrogens (tertiary/aromatic N) is 1. The Balaban J connectivity index is 1.67. The minimum absolute atomic E-state index is 0.300. The van der Waals surface area contributed by atoms with Crippen LogP contribution in [0.25, 0.3) is 0 Å². The van der Waals surface area contributed by atoms with Crippen molar-refractivity contribution >= 4 is 17.1 Å². The Hall–Kier alpha value is -0.670. The summed E-state index contributed by atoms with van der Waals surface area (Å²) in [5, 5.41) is 1.96. The van der Waals surface area contributed by atoms with Crippen LogP contribution in [-0.2, 0) is 0 Å². The molecule has 1 aromatic rings. The van der Waals surface area contributed by atoms with Crippen LogP contribution < -0.4 is 0 Å². The average molecular weight is 223 g/mol. The fourth-order valence-electron chi connectivity index (χ4n) is 1.75. The molecule has 0 saturated heterocycles. The highest BCUT2D eigenvalue weighted by Gasteiger charge is 2.25. The zero-order valence-corrected chi connectivity index (χ0v) is 9.93. The Bertz CT molecular complexity index is 316. The molecule has 1 fully saturated rings. The lowest BCUT2D eigenvalue weighted by Gasteiger charge is -2.14. The largest absolute Gasteiger partial charge is 0.303 e. The zero-order chi connectivity index (χ0) is 10.7. The predicted octanol–water partition coefficient (Wildman–Crippen LogP) is 2.81. The van der Waals surface area contributed by atoms with Crippen molar-refractivity contribution in [3.63, 3.8) is 0 Å². The first-order valence-corrected chi connectivity index (χ1v) is 6.42. The molecule has 0 aromatic carbocycles. The number of thiophene rings is 1. The summed E-state index contributed by atoms with van der Waals surface area (Å²) in [5.74, 6) is 0.300. The van der Waals surface area contributed by atoms with Crippen molar-refractivity contribution in [3.05, 3.63) is 22.4 Å². The second kappa shape index (κ2) is 4.90. The number of carbonyl (C=O) groups is 1. The molecule has 3 heteroatoms. The Morgan fingerprint density at radius 3 is 3.00 bits per heavy atom.